The highest BCUT2D eigenvalue weighted by atomic mass is 14.6. The van der Waals surface area contributed by atoms with Crippen LogP contribution in [0.1, 0.15) is 49.9 Å². The minimum absolute atomic E-state index is 0.0818. The summed E-state index contributed by atoms with van der Waals surface area (Å²) in [5.41, 5.74) is 18.3. The van der Waals surface area contributed by atoms with Crippen molar-refractivity contribution in [1.29, 1.82) is 0 Å². The Balaban J connectivity index is 1.23. The van der Waals surface area contributed by atoms with Crippen molar-refractivity contribution in [2.75, 3.05) is 0 Å². The first-order valence-corrected chi connectivity index (χ1v) is 20.5. The summed E-state index contributed by atoms with van der Waals surface area (Å²) >= 11 is 0. The minimum atomic E-state index is -0.109. The fourth-order valence-electron chi connectivity index (χ4n) is 10.9. The van der Waals surface area contributed by atoms with Gasteiger partial charge in [-0.1, -0.05) is 167 Å². The largest absolute Gasteiger partial charge is 0.264 e. The molecular weight excluding hydrogens is 699 g/mol. The zero-order chi connectivity index (χ0) is 38.9. The maximum atomic E-state index is 4.71. The molecule has 0 amide bonds. The topological polar surface area (TPSA) is 12.9 Å². The van der Waals surface area contributed by atoms with E-state index in [0.717, 1.165) is 0 Å². The van der Waals surface area contributed by atoms with E-state index in [1.807, 2.05) is 6.20 Å². The van der Waals surface area contributed by atoms with Crippen LogP contribution >= 0.6 is 0 Å². The minimum Gasteiger partial charge on any atom is -0.264 e. The van der Waals surface area contributed by atoms with Crippen molar-refractivity contribution in [3.63, 3.8) is 0 Å². The molecule has 0 N–H and O–H groups in total. The van der Waals surface area contributed by atoms with Crippen molar-refractivity contribution in [2.24, 2.45) is 0 Å². The summed E-state index contributed by atoms with van der Waals surface area (Å²) < 4.78 is 0. The molecule has 274 valence electrons. The van der Waals surface area contributed by atoms with Gasteiger partial charge < -0.3 is 0 Å². The Morgan fingerprint density at radius 1 is 0.328 bits per heavy atom. The lowest BCUT2D eigenvalue weighted by Crippen LogP contribution is -2.14. The molecule has 2 aliphatic rings. The first-order chi connectivity index (χ1) is 28.3. The molecule has 1 aromatic heterocycles. The zero-order valence-corrected chi connectivity index (χ0v) is 33.2. The Morgan fingerprint density at radius 2 is 0.879 bits per heavy atom. The number of benzene rings is 9. The summed E-state index contributed by atoms with van der Waals surface area (Å²) in [4.78, 5) is 4.71. The van der Waals surface area contributed by atoms with E-state index in [-0.39, 0.29) is 10.8 Å². The van der Waals surface area contributed by atoms with Crippen molar-refractivity contribution in [3.05, 3.63) is 198 Å². The third-order valence-corrected chi connectivity index (χ3v) is 13.7. The highest BCUT2D eigenvalue weighted by molar-refractivity contribution is 6.28. The average Bonchev–Trinajstić information content (AvgIpc) is 3.64. The van der Waals surface area contributed by atoms with Crippen LogP contribution in [-0.4, -0.2) is 4.98 Å². The van der Waals surface area contributed by atoms with Crippen molar-refractivity contribution in [1.82, 2.24) is 4.98 Å². The zero-order valence-electron chi connectivity index (χ0n) is 33.2. The standard InChI is InChI=1S/C57H41N/c1-56(2)49-22-12-10-19-44(49)53-45(20-13-23-50(53)56)52-41-17-7-8-18-42(41)55(54-38-15-6-5-14-36(38)30-37-28-29-58-33-47(37)54)43-27-25-34(31-46(43)52)35-24-26-40-39-16-9-11-21-48(39)57(3,4)51(40)32-35/h5-33H,1-4H3. The molecule has 0 saturated carbocycles. The van der Waals surface area contributed by atoms with Crippen molar-refractivity contribution >= 4 is 43.1 Å². The Morgan fingerprint density at radius 3 is 1.71 bits per heavy atom. The Bertz CT molecular complexity index is 3340. The molecule has 1 heterocycles. The van der Waals surface area contributed by atoms with Gasteiger partial charge in [-0.3, -0.25) is 4.98 Å². The van der Waals surface area contributed by atoms with Gasteiger partial charge in [-0.15, -0.1) is 0 Å². The van der Waals surface area contributed by atoms with Crippen LogP contribution in [0.2, 0.25) is 0 Å². The van der Waals surface area contributed by atoms with Crippen LogP contribution in [0.5, 0.6) is 0 Å². The van der Waals surface area contributed by atoms with Gasteiger partial charge >= 0.3 is 0 Å². The molecule has 9 aromatic carbocycles. The molecule has 2 aliphatic carbocycles. The summed E-state index contributed by atoms with van der Waals surface area (Å²) in [6.45, 7) is 9.51. The number of hydrogen-bond donors (Lipinski definition) is 0. The maximum absolute atomic E-state index is 4.71. The fourth-order valence-corrected chi connectivity index (χ4v) is 10.9. The summed E-state index contributed by atoms with van der Waals surface area (Å²) in [5.74, 6) is 0. The van der Waals surface area contributed by atoms with E-state index in [1.165, 1.54) is 121 Å². The molecule has 0 radical (unpaired) electrons. The van der Waals surface area contributed by atoms with Gasteiger partial charge in [0.05, 0.1) is 0 Å². The van der Waals surface area contributed by atoms with Gasteiger partial charge in [0, 0.05) is 34.2 Å². The molecule has 0 atom stereocenters. The Labute approximate surface area is 339 Å². The van der Waals surface area contributed by atoms with E-state index in [0.29, 0.717) is 0 Å². The van der Waals surface area contributed by atoms with E-state index in [2.05, 4.69) is 198 Å². The number of rotatable bonds is 3. The summed E-state index contributed by atoms with van der Waals surface area (Å²) in [6.07, 6.45) is 3.98. The second-order valence-electron chi connectivity index (χ2n) is 17.5. The number of hydrogen-bond acceptors (Lipinski definition) is 1. The third-order valence-electron chi connectivity index (χ3n) is 13.7. The number of fused-ring (bicyclic) bond motifs is 10. The van der Waals surface area contributed by atoms with Crippen LogP contribution in [0.25, 0.3) is 98.7 Å². The maximum Gasteiger partial charge on any atom is 0.0352 e. The predicted octanol–water partition coefficient (Wildman–Crippen LogP) is 15.3. The van der Waals surface area contributed by atoms with Gasteiger partial charge in [-0.2, -0.15) is 0 Å². The van der Waals surface area contributed by atoms with E-state index in [9.17, 15) is 0 Å². The highest BCUT2D eigenvalue weighted by Gasteiger charge is 2.38. The lowest BCUT2D eigenvalue weighted by atomic mass is 9.79. The van der Waals surface area contributed by atoms with Gasteiger partial charge in [0.2, 0.25) is 0 Å². The molecule has 10 aromatic rings. The number of aromatic nitrogens is 1. The highest BCUT2D eigenvalue weighted by Crippen LogP contribution is 2.56. The lowest BCUT2D eigenvalue weighted by molar-refractivity contribution is 0.660. The molecule has 12 rings (SSSR count). The molecule has 1 nitrogen and oxygen atoms in total. The van der Waals surface area contributed by atoms with Gasteiger partial charge in [-0.25, -0.2) is 0 Å². The molecule has 0 unspecified atom stereocenters. The van der Waals surface area contributed by atoms with Gasteiger partial charge in [0.1, 0.15) is 0 Å². The van der Waals surface area contributed by atoms with Crippen LogP contribution in [-0.2, 0) is 10.8 Å². The molecule has 0 bridgehead atoms. The monoisotopic (exact) mass is 739 g/mol. The smallest absolute Gasteiger partial charge is 0.0352 e. The normalized spacial score (nSPS) is 14.5. The molecule has 1 heteroatoms. The number of nitrogens with zero attached hydrogens (tertiary/aromatic N) is 1. The second kappa shape index (κ2) is 11.9. The van der Waals surface area contributed by atoms with E-state index >= 15 is 0 Å². The summed E-state index contributed by atoms with van der Waals surface area (Å²) in [6, 6.07) is 61.8. The van der Waals surface area contributed by atoms with Gasteiger partial charge in [0.25, 0.3) is 0 Å². The quantitative estimate of drug-likeness (QED) is 0.164. The molecular formula is C57H41N. The third kappa shape index (κ3) is 4.45. The van der Waals surface area contributed by atoms with Crippen LogP contribution < -0.4 is 0 Å². The molecule has 0 saturated heterocycles. The Hall–Kier alpha value is -6.83. The average molecular weight is 740 g/mol. The predicted molar refractivity (Wildman–Crippen MR) is 246 cm³/mol. The molecule has 0 aliphatic heterocycles. The van der Waals surface area contributed by atoms with Crippen molar-refractivity contribution in [2.45, 2.75) is 38.5 Å². The number of pyridine rings is 1. The molecule has 0 fully saturated rings. The SMILES string of the molecule is CC1(C)c2ccccc2-c2ccc(-c3ccc4c(-c5c6ccccc6cc6ccncc56)c5ccccc5c(-c5cccc6c5-c5ccccc5C6(C)C)c4c3)cc21. The van der Waals surface area contributed by atoms with Crippen LogP contribution in [0.3, 0.4) is 0 Å². The summed E-state index contributed by atoms with van der Waals surface area (Å²) in [7, 11) is 0. The fraction of sp³-hybridized carbons (Fsp3) is 0.105. The van der Waals surface area contributed by atoms with Crippen molar-refractivity contribution in [3.8, 4) is 55.6 Å². The summed E-state index contributed by atoms with van der Waals surface area (Å²) in [5, 5.41) is 9.85. The van der Waals surface area contributed by atoms with E-state index < -0.39 is 0 Å². The van der Waals surface area contributed by atoms with Gasteiger partial charge in [0.15, 0.2) is 0 Å². The van der Waals surface area contributed by atoms with Crippen LogP contribution in [0.4, 0.5) is 0 Å². The first kappa shape index (κ1) is 33.3. The lowest BCUT2D eigenvalue weighted by Gasteiger charge is -2.24. The van der Waals surface area contributed by atoms with E-state index in [4.69, 9.17) is 4.98 Å². The first-order valence-electron chi connectivity index (χ1n) is 20.5. The van der Waals surface area contributed by atoms with E-state index in [1.54, 1.807) is 0 Å². The van der Waals surface area contributed by atoms with Gasteiger partial charge in [-0.05, 0) is 134 Å². The van der Waals surface area contributed by atoms with Crippen molar-refractivity contribution < 1.29 is 0 Å². The van der Waals surface area contributed by atoms with Crippen LogP contribution in [0.15, 0.2) is 176 Å². The van der Waals surface area contributed by atoms with Crippen LogP contribution in [0, 0.1) is 0 Å². The second-order valence-corrected chi connectivity index (χ2v) is 17.5. The Kier molecular flexibility index (Phi) is 6.81. The molecule has 0 spiro atoms. The molecule has 58 heavy (non-hydrogen) atoms.